The van der Waals surface area contributed by atoms with Crippen molar-refractivity contribution in [1.82, 2.24) is 5.32 Å². The van der Waals surface area contributed by atoms with E-state index in [1.54, 1.807) is 12.1 Å². The van der Waals surface area contributed by atoms with Gasteiger partial charge in [-0.05, 0) is 73.7 Å². The van der Waals surface area contributed by atoms with Crippen molar-refractivity contribution in [2.75, 3.05) is 6.54 Å². The maximum absolute atomic E-state index is 13.7. The molecule has 0 amide bonds. The van der Waals surface area contributed by atoms with Crippen LogP contribution in [0.1, 0.15) is 35.6 Å². The maximum Gasteiger partial charge on any atom is 0.123 e. The Kier molecular flexibility index (Phi) is 5.13. The lowest BCUT2D eigenvalue weighted by Gasteiger charge is -2.16. The Bertz CT molecular complexity index is 608. The highest BCUT2D eigenvalue weighted by Gasteiger charge is 2.12. The molecule has 1 nitrogen and oxygen atoms in total. The van der Waals surface area contributed by atoms with Crippen LogP contribution < -0.4 is 5.32 Å². The third-order valence-electron chi connectivity index (χ3n) is 3.76. The van der Waals surface area contributed by atoms with Gasteiger partial charge in [-0.2, -0.15) is 0 Å². The topological polar surface area (TPSA) is 12.0 Å². The van der Waals surface area contributed by atoms with Crippen LogP contribution in [0.2, 0.25) is 0 Å². The van der Waals surface area contributed by atoms with Crippen molar-refractivity contribution >= 4 is 0 Å². The van der Waals surface area contributed by atoms with Crippen molar-refractivity contribution in [2.24, 2.45) is 0 Å². The van der Waals surface area contributed by atoms with Crippen molar-refractivity contribution in [1.29, 1.82) is 0 Å². The average Bonchev–Trinajstić information content (AvgIpc) is 2.40. The van der Waals surface area contributed by atoms with Gasteiger partial charge in [-0.1, -0.05) is 30.7 Å². The van der Waals surface area contributed by atoms with Gasteiger partial charge in [0.25, 0.3) is 0 Å². The molecule has 0 fully saturated rings. The molecule has 0 saturated heterocycles. The van der Waals surface area contributed by atoms with Gasteiger partial charge >= 0.3 is 0 Å². The molecule has 0 aliphatic carbocycles. The number of halogens is 1. The molecule has 0 heterocycles. The molecule has 2 rings (SSSR count). The highest BCUT2D eigenvalue weighted by Crippen LogP contribution is 2.31. The van der Waals surface area contributed by atoms with E-state index < -0.39 is 0 Å². The van der Waals surface area contributed by atoms with Gasteiger partial charge in [-0.15, -0.1) is 0 Å². The molecule has 2 heteroatoms. The van der Waals surface area contributed by atoms with Gasteiger partial charge in [0.05, 0.1) is 0 Å². The summed E-state index contributed by atoms with van der Waals surface area (Å²) in [4.78, 5) is 0. The van der Waals surface area contributed by atoms with Crippen molar-refractivity contribution in [3.05, 3.63) is 58.4 Å². The van der Waals surface area contributed by atoms with Gasteiger partial charge in [0.15, 0.2) is 0 Å². The molecule has 0 spiro atoms. The van der Waals surface area contributed by atoms with Gasteiger partial charge in [0.2, 0.25) is 0 Å². The van der Waals surface area contributed by atoms with E-state index >= 15 is 0 Å². The van der Waals surface area contributed by atoms with E-state index in [4.69, 9.17) is 0 Å². The fraction of sp³-hybridized carbons (Fsp3) is 0.368. The normalized spacial score (nSPS) is 10.9. The molecule has 0 radical (unpaired) electrons. The van der Waals surface area contributed by atoms with E-state index in [1.807, 2.05) is 6.07 Å². The van der Waals surface area contributed by atoms with E-state index in [0.29, 0.717) is 0 Å². The Morgan fingerprint density at radius 2 is 1.67 bits per heavy atom. The predicted octanol–water partition coefficient (Wildman–Crippen LogP) is 4.92. The van der Waals surface area contributed by atoms with E-state index in [0.717, 1.165) is 36.2 Å². The molecule has 0 saturated carbocycles. The molecule has 0 aliphatic rings. The molecule has 0 bridgehead atoms. The van der Waals surface area contributed by atoms with Gasteiger partial charge in [-0.25, -0.2) is 4.39 Å². The Morgan fingerprint density at radius 1 is 1.00 bits per heavy atom. The molecule has 1 N–H and O–H groups in total. The average molecular weight is 285 g/mol. The lowest BCUT2D eigenvalue weighted by molar-refractivity contribution is 0.625. The summed E-state index contributed by atoms with van der Waals surface area (Å²) in [5.41, 5.74) is 6.97. The van der Waals surface area contributed by atoms with E-state index in [2.05, 4.69) is 45.1 Å². The van der Waals surface area contributed by atoms with Crippen LogP contribution >= 0.6 is 0 Å². The monoisotopic (exact) mass is 285 g/mol. The first-order valence-corrected chi connectivity index (χ1v) is 7.60. The summed E-state index contributed by atoms with van der Waals surface area (Å²) in [7, 11) is 0. The summed E-state index contributed by atoms with van der Waals surface area (Å²) in [6.45, 7) is 10.2. The van der Waals surface area contributed by atoms with Gasteiger partial charge in [-0.3, -0.25) is 0 Å². The molecular weight excluding hydrogens is 261 g/mol. The molecule has 0 atom stereocenters. The van der Waals surface area contributed by atoms with Crippen LogP contribution in [-0.4, -0.2) is 6.54 Å². The van der Waals surface area contributed by atoms with Crippen LogP contribution in [0.3, 0.4) is 0 Å². The molecule has 112 valence electrons. The van der Waals surface area contributed by atoms with Crippen LogP contribution in [0.5, 0.6) is 0 Å². The summed E-state index contributed by atoms with van der Waals surface area (Å²) in [6, 6.07) is 9.43. The Morgan fingerprint density at radius 3 is 2.29 bits per heavy atom. The predicted molar refractivity (Wildman–Crippen MR) is 88.0 cm³/mol. The molecule has 0 aliphatic heterocycles. The second-order valence-electron chi connectivity index (χ2n) is 5.75. The van der Waals surface area contributed by atoms with Crippen molar-refractivity contribution in [2.45, 2.75) is 40.7 Å². The van der Waals surface area contributed by atoms with Crippen molar-refractivity contribution < 1.29 is 4.39 Å². The number of benzene rings is 2. The highest BCUT2D eigenvalue weighted by atomic mass is 19.1. The smallest absolute Gasteiger partial charge is 0.123 e. The largest absolute Gasteiger partial charge is 0.313 e. The van der Waals surface area contributed by atoms with Crippen LogP contribution in [0.4, 0.5) is 4.39 Å². The number of hydrogen-bond acceptors (Lipinski definition) is 1. The molecule has 0 aromatic heterocycles. The van der Waals surface area contributed by atoms with Crippen LogP contribution in [0.25, 0.3) is 11.1 Å². The second-order valence-corrected chi connectivity index (χ2v) is 5.75. The third-order valence-corrected chi connectivity index (χ3v) is 3.76. The zero-order valence-corrected chi connectivity index (χ0v) is 13.4. The fourth-order valence-electron chi connectivity index (χ4n) is 2.94. The first kappa shape index (κ1) is 15.7. The molecule has 2 aromatic carbocycles. The quantitative estimate of drug-likeness (QED) is 0.769. The zero-order chi connectivity index (χ0) is 15.4. The first-order chi connectivity index (χ1) is 10.0. The summed E-state index contributed by atoms with van der Waals surface area (Å²) < 4.78 is 13.7. The van der Waals surface area contributed by atoms with Gasteiger partial charge in [0.1, 0.15) is 5.82 Å². The maximum atomic E-state index is 13.7. The Labute approximate surface area is 127 Å². The summed E-state index contributed by atoms with van der Waals surface area (Å²) in [6.07, 6.45) is 1.10. The summed E-state index contributed by atoms with van der Waals surface area (Å²) in [5, 5.41) is 3.41. The Balaban J connectivity index is 2.49. The number of nitrogens with one attached hydrogen (secondary N) is 1. The van der Waals surface area contributed by atoms with Gasteiger partial charge < -0.3 is 5.32 Å². The van der Waals surface area contributed by atoms with E-state index in [9.17, 15) is 4.39 Å². The minimum absolute atomic E-state index is 0.177. The first-order valence-electron chi connectivity index (χ1n) is 7.60. The van der Waals surface area contributed by atoms with Crippen molar-refractivity contribution in [3.8, 4) is 11.1 Å². The number of aryl methyl sites for hydroxylation is 3. The van der Waals surface area contributed by atoms with E-state index in [-0.39, 0.29) is 5.82 Å². The summed E-state index contributed by atoms with van der Waals surface area (Å²) in [5.74, 6) is -0.177. The fourth-order valence-corrected chi connectivity index (χ4v) is 2.94. The number of hydrogen-bond donors (Lipinski definition) is 1. The van der Waals surface area contributed by atoms with Crippen LogP contribution in [0, 0.1) is 26.6 Å². The highest BCUT2D eigenvalue weighted by molar-refractivity contribution is 5.74. The second kappa shape index (κ2) is 6.86. The molecule has 21 heavy (non-hydrogen) atoms. The lowest BCUT2D eigenvalue weighted by atomic mass is 9.90. The summed E-state index contributed by atoms with van der Waals surface area (Å²) >= 11 is 0. The molecule has 0 unspecified atom stereocenters. The van der Waals surface area contributed by atoms with Crippen LogP contribution in [0.15, 0.2) is 30.3 Å². The van der Waals surface area contributed by atoms with E-state index in [1.165, 1.54) is 16.7 Å². The van der Waals surface area contributed by atoms with Crippen LogP contribution in [-0.2, 0) is 6.54 Å². The standard InChI is InChI=1S/C19H24FN/c1-5-8-21-12-16-6-7-17(20)11-18(16)19-14(3)9-13(2)10-15(19)4/h6-7,9-11,21H,5,8,12H2,1-4H3. The molecular formula is C19H24FN. The zero-order valence-electron chi connectivity index (χ0n) is 13.4. The molecule has 2 aromatic rings. The Hall–Kier alpha value is -1.67. The number of rotatable bonds is 5. The lowest BCUT2D eigenvalue weighted by Crippen LogP contribution is -2.14. The minimum Gasteiger partial charge on any atom is -0.313 e. The third kappa shape index (κ3) is 3.70. The SMILES string of the molecule is CCCNCc1ccc(F)cc1-c1c(C)cc(C)cc1C. The van der Waals surface area contributed by atoms with Crippen molar-refractivity contribution in [3.63, 3.8) is 0 Å². The van der Waals surface area contributed by atoms with Gasteiger partial charge in [0, 0.05) is 6.54 Å². The minimum atomic E-state index is -0.177.